The second-order valence-electron chi connectivity index (χ2n) is 9.46. The molecule has 0 radical (unpaired) electrons. The van der Waals surface area contributed by atoms with Crippen LogP contribution in [0, 0.1) is 3.57 Å². The lowest BCUT2D eigenvalue weighted by Crippen LogP contribution is -2.36. The summed E-state index contributed by atoms with van der Waals surface area (Å²) in [5.74, 6) is 0.819. The topological polar surface area (TPSA) is 94.2 Å². The minimum atomic E-state index is -0.527. The highest BCUT2D eigenvalue weighted by Gasteiger charge is 2.36. The molecular weight excluding hydrogens is 679 g/mol. The normalized spacial score (nSPS) is 13.9. The molecule has 1 heterocycles. The van der Waals surface area contributed by atoms with Gasteiger partial charge >= 0.3 is 0 Å². The molecule has 5 rings (SSSR count). The van der Waals surface area contributed by atoms with Gasteiger partial charge in [-0.2, -0.15) is 0 Å². The lowest BCUT2D eigenvalue weighted by molar-refractivity contribution is -0.127. The largest absolute Gasteiger partial charge is 0.494 e. The number of rotatable bonds is 11. The van der Waals surface area contributed by atoms with Crippen molar-refractivity contribution in [3.63, 3.8) is 0 Å². The minimum absolute atomic E-state index is 0.224. The number of thioether (sulfide) groups is 1. The molecule has 1 aliphatic rings. The third kappa shape index (κ3) is 7.31. The molecule has 1 saturated heterocycles. The molecule has 0 bridgehead atoms. The van der Waals surface area contributed by atoms with Gasteiger partial charge in [-0.3, -0.25) is 19.3 Å². The second-order valence-corrected chi connectivity index (χ2v) is 11.6. The minimum Gasteiger partial charge on any atom is -0.494 e. The fourth-order valence-electron chi connectivity index (χ4n) is 4.58. The van der Waals surface area contributed by atoms with Gasteiger partial charge in [0.25, 0.3) is 11.1 Å². The van der Waals surface area contributed by atoms with Crippen LogP contribution in [0.3, 0.4) is 0 Å². The molecule has 10 heteroatoms. The van der Waals surface area contributed by atoms with Gasteiger partial charge in [-0.05, 0) is 113 Å². The molecule has 1 N–H and O–H groups in total. The van der Waals surface area contributed by atoms with E-state index in [1.165, 1.54) is 0 Å². The van der Waals surface area contributed by atoms with Crippen molar-refractivity contribution in [1.29, 1.82) is 0 Å². The van der Waals surface area contributed by atoms with Crippen molar-refractivity contribution in [2.45, 2.75) is 20.5 Å². The molecule has 0 aliphatic carbocycles. The number of nitrogens with one attached hydrogen (secondary N) is 1. The Bertz CT molecular complexity index is 1700. The van der Waals surface area contributed by atoms with Crippen LogP contribution in [0.1, 0.15) is 25.0 Å². The number of carbonyl (C=O) groups is 3. The molecule has 4 aromatic rings. The zero-order valence-corrected chi connectivity index (χ0v) is 26.6. The van der Waals surface area contributed by atoms with Gasteiger partial charge in [-0.25, -0.2) is 0 Å². The number of hydrogen-bond acceptors (Lipinski definition) is 7. The third-order valence-electron chi connectivity index (χ3n) is 6.51. The fourth-order valence-corrected chi connectivity index (χ4v) is 6.19. The molecule has 0 aromatic heterocycles. The Morgan fingerprint density at radius 1 is 0.930 bits per heavy atom. The Morgan fingerprint density at radius 3 is 2.44 bits per heavy atom. The van der Waals surface area contributed by atoms with Crippen LogP contribution in [0.25, 0.3) is 16.8 Å². The van der Waals surface area contributed by atoms with E-state index >= 15 is 0 Å². The maximum atomic E-state index is 13.1. The van der Waals surface area contributed by atoms with Gasteiger partial charge < -0.3 is 19.5 Å². The Balaban J connectivity index is 1.29. The third-order valence-corrected chi connectivity index (χ3v) is 8.21. The average Bonchev–Trinajstić information content (AvgIpc) is 3.25. The molecule has 0 spiro atoms. The molecule has 0 atom stereocenters. The van der Waals surface area contributed by atoms with Crippen molar-refractivity contribution < 1.29 is 28.6 Å². The molecule has 0 unspecified atom stereocenters. The van der Waals surface area contributed by atoms with Crippen LogP contribution in [0.5, 0.6) is 17.2 Å². The highest BCUT2D eigenvalue weighted by molar-refractivity contribution is 14.1. The number of ether oxygens (including phenoxy) is 3. The van der Waals surface area contributed by atoms with Gasteiger partial charge in [0.1, 0.15) is 18.9 Å². The molecule has 8 nitrogen and oxygen atoms in total. The Kier molecular flexibility index (Phi) is 9.88. The molecular formula is C33H29IN2O6S. The van der Waals surface area contributed by atoms with Crippen molar-refractivity contribution >= 4 is 73.9 Å². The number of imide groups is 1. The summed E-state index contributed by atoms with van der Waals surface area (Å²) in [6, 6.07) is 24.8. The van der Waals surface area contributed by atoms with Crippen LogP contribution >= 0.6 is 34.4 Å². The molecule has 43 heavy (non-hydrogen) atoms. The molecule has 1 aliphatic heterocycles. The summed E-state index contributed by atoms with van der Waals surface area (Å²) >= 11 is 2.98. The van der Waals surface area contributed by atoms with E-state index in [0.29, 0.717) is 48.3 Å². The van der Waals surface area contributed by atoms with Crippen LogP contribution in [0.15, 0.2) is 83.8 Å². The Labute approximate surface area is 267 Å². The van der Waals surface area contributed by atoms with E-state index in [1.807, 2.05) is 44.2 Å². The number of nitrogens with zero attached hydrogens (tertiary/aromatic N) is 1. The van der Waals surface area contributed by atoms with E-state index in [1.54, 1.807) is 36.4 Å². The van der Waals surface area contributed by atoms with Crippen molar-refractivity contribution in [3.05, 3.63) is 98.5 Å². The maximum absolute atomic E-state index is 13.1. The molecule has 220 valence electrons. The summed E-state index contributed by atoms with van der Waals surface area (Å²) < 4.78 is 18.4. The summed E-state index contributed by atoms with van der Waals surface area (Å²) in [7, 11) is 0. The lowest BCUT2D eigenvalue weighted by Gasteiger charge is -2.16. The fraction of sp³-hybridized carbons (Fsp3) is 0.182. The summed E-state index contributed by atoms with van der Waals surface area (Å²) in [5, 5.41) is 4.47. The van der Waals surface area contributed by atoms with Gasteiger partial charge in [0.05, 0.1) is 21.7 Å². The van der Waals surface area contributed by atoms with E-state index in [4.69, 9.17) is 14.2 Å². The smallest absolute Gasteiger partial charge is 0.294 e. The van der Waals surface area contributed by atoms with E-state index in [2.05, 4.69) is 46.1 Å². The van der Waals surface area contributed by atoms with Crippen LogP contribution in [0.4, 0.5) is 10.5 Å². The number of anilines is 1. The number of hydrogen-bond donors (Lipinski definition) is 1. The molecule has 4 aromatic carbocycles. The van der Waals surface area contributed by atoms with Crippen molar-refractivity contribution in [2.24, 2.45) is 0 Å². The first-order chi connectivity index (χ1) is 20.9. The Hall–Kier alpha value is -4.03. The first-order valence-electron chi connectivity index (χ1n) is 13.7. The van der Waals surface area contributed by atoms with Gasteiger partial charge in [-0.15, -0.1) is 0 Å². The predicted molar refractivity (Wildman–Crippen MR) is 178 cm³/mol. The summed E-state index contributed by atoms with van der Waals surface area (Å²) in [6.45, 7) is 4.69. The van der Waals surface area contributed by atoms with E-state index in [0.717, 1.165) is 36.6 Å². The quantitative estimate of drug-likeness (QED) is 0.128. The first-order valence-corrected chi connectivity index (χ1v) is 15.6. The van der Waals surface area contributed by atoms with E-state index < -0.39 is 23.6 Å². The van der Waals surface area contributed by atoms with Gasteiger partial charge in [0.15, 0.2) is 11.5 Å². The highest BCUT2D eigenvalue weighted by Crippen LogP contribution is 2.38. The first kappa shape index (κ1) is 30.4. The summed E-state index contributed by atoms with van der Waals surface area (Å²) in [5.41, 5.74) is 2.27. The molecule has 1 fully saturated rings. The number of fused-ring (bicyclic) bond motifs is 1. The van der Waals surface area contributed by atoms with Crippen molar-refractivity contribution in [2.75, 3.05) is 25.1 Å². The zero-order chi connectivity index (χ0) is 30.3. The summed E-state index contributed by atoms with van der Waals surface area (Å²) in [4.78, 5) is 39.6. The number of amides is 3. The molecule has 3 amide bonds. The highest BCUT2D eigenvalue weighted by atomic mass is 127. The van der Waals surface area contributed by atoms with Crippen LogP contribution < -0.4 is 19.5 Å². The van der Waals surface area contributed by atoms with Crippen molar-refractivity contribution in [1.82, 2.24) is 4.90 Å². The zero-order valence-electron chi connectivity index (χ0n) is 23.6. The Morgan fingerprint density at radius 2 is 1.67 bits per heavy atom. The maximum Gasteiger partial charge on any atom is 0.294 e. The standard InChI is InChI=1S/C33H29IN2O6S/c1-3-40-25-14-12-24(13-15-25)35-30(37)19-36-32(38)29(43-33(36)39)18-21-16-27(34)31(28(17-21)41-4-2)42-20-23-10-7-9-22-8-5-6-11-26(22)23/h5-18H,3-4,19-20H2,1-2H3,(H,35,37)/b29-18+. The summed E-state index contributed by atoms with van der Waals surface area (Å²) in [6.07, 6.45) is 1.63. The van der Waals surface area contributed by atoms with Crippen LogP contribution in [0.2, 0.25) is 0 Å². The SMILES string of the molecule is CCOc1ccc(NC(=O)CN2C(=O)S/C(=C/c3cc(I)c(OCc4cccc5ccccc45)c(OCC)c3)C2=O)cc1. The predicted octanol–water partition coefficient (Wildman–Crippen LogP) is 7.50. The van der Waals surface area contributed by atoms with E-state index in [9.17, 15) is 14.4 Å². The van der Waals surface area contributed by atoms with Gasteiger partial charge in [-0.1, -0.05) is 42.5 Å². The average molecular weight is 709 g/mol. The van der Waals surface area contributed by atoms with Gasteiger partial charge in [0, 0.05) is 5.69 Å². The number of carbonyl (C=O) groups excluding carboxylic acids is 3. The lowest BCUT2D eigenvalue weighted by atomic mass is 10.1. The number of benzene rings is 4. The second kappa shape index (κ2) is 14.0. The van der Waals surface area contributed by atoms with Gasteiger partial charge in [0.2, 0.25) is 5.91 Å². The van der Waals surface area contributed by atoms with Crippen molar-refractivity contribution in [3.8, 4) is 17.2 Å². The van der Waals surface area contributed by atoms with E-state index in [-0.39, 0.29) is 4.91 Å². The van der Waals surface area contributed by atoms with Crippen LogP contribution in [-0.2, 0) is 16.2 Å². The molecule has 0 saturated carbocycles. The van der Waals surface area contributed by atoms with Crippen LogP contribution in [-0.4, -0.2) is 41.7 Å². The monoisotopic (exact) mass is 708 g/mol. The number of halogens is 1.